The molecule has 4 aliphatic rings. The van der Waals surface area contributed by atoms with Gasteiger partial charge in [0, 0.05) is 41.6 Å². The molecule has 2 saturated carbocycles. The van der Waals surface area contributed by atoms with Crippen LogP contribution in [-0.4, -0.2) is 58.7 Å². The summed E-state index contributed by atoms with van der Waals surface area (Å²) in [5.41, 5.74) is 3.27. The monoisotopic (exact) mass is 655 g/mol. The maximum Gasteiger partial charge on any atom is 0.375 e. The maximum absolute atomic E-state index is 13.5. The van der Waals surface area contributed by atoms with Crippen molar-refractivity contribution in [2.24, 2.45) is 5.92 Å². The first-order chi connectivity index (χ1) is 23.2. The average Bonchev–Trinajstić information content (AvgIpc) is 3.88. The van der Waals surface area contributed by atoms with Gasteiger partial charge in [-0.05, 0) is 74.6 Å². The summed E-state index contributed by atoms with van der Waals surface area (Å²) >= 11 is 0. The van der Waals surface area contributed by atoms with E-state index < -0.39 is 30.2 Å². The van der Waals surface area contributed by atoms with Crippen molar-refractivity contribution < 1.29 is 43.5 Å². The molecule has 3 heterocycles. The Bertz CT molecular complexity index is 1870. The number of aliphatic hydroxyl groups excluding tert-OH is 1. The van der Waals surface area contributed by atoms with Gasteiger partial charge in [0.1, 0.15) is 34.7 Å². The number of allylic oxidation sites excluding steroid dienone is 3. The first-order valence-electron chi connectivity index (χ1n) is 16.8. The largest absolute Gasteiger partial charge is 0.496 e. The third kappa shape index (κ3) is 5.13. The number of nitrogens with one attached hydrogen (secondary N) is 1. The second kappa shape index (κ2) is 12.6. The number of Topliss-reactive ketones (excluding diaryl/α,β-unsaturated/α-hetero) is 1. The van der Waals surface area contributed by atoms with Crippen molar-refractivity contribution in [2.75, 3.05) is 13.7 Å². The molecule has 2 aliphatic heterocycles. The molecule has 0 radical (unpaired) electrons. The van der Waals surface area contributed by atoms with Gasteiger partial charge in [0.25, 0.3) is 0 Å². The predicted molar refractivity (Wildman–Crippen MR) is 177 cm³/mol. The Kier molecular flexibility index (Phi) is 8.41. The molecule has 2 aliphatic carbocycles. The van der Waals surface area contributed by atoms with Crippen molar-refractivity contribution in [3.8, 4) is 17.2 Å². The average molecular weight is 656 g/mol. The van der Waals surface area contributed by atoms with Gasteiger partial charge >= 0.3 is 5.97 Å². The number of methoxy groups -OCH3 is 1. The number of carbonyl (C=O) groups is 3. The van der Waals surface area contributed by atoms with Crippen molar-refractivity contribution in [3.05, 3.63) is 69.6 Å². The highest BCUT2D eigenvalue weighted by atomic mass is 16.6. The molecular formula is C38H41NO9. The maximum atomic E-state index is 13.5. The summed E-state index contributed by atoms with van der Waals surface area (Å²) in [6, 6.07) is 7.86. The van der Waals surface area contributed by atoms with Crippen LogP contribution in [0.25, 0.3) is 16.5 Å². The minimum Gasteiger partial charge on any atom is -0.496 e. The molecule has 2 fully saturated rings. The zero-order valence-corrected chi connectivity index (χ0v) is 27.5. The molecule has 1 aromatic heterocycles. The van der Waals surface area contributed by atoms with E-state index in [1.54, 1.807) is 6.92 Å². The number of aromatic nitrogens is 1. The number of esters is 1. The summed E-state index contributed by atoms with van der Waals surface area (Å²) in [4.78, 5) is 43.0. The van der Waals surface area contributed by atoms with E-state index in [1.165, 1.54) is 7.11 Å². The van der Waals surface area contributed by atoms with Crippen LogP contribution in [0.3, 0.4) is 0 Å². The van der Waals surface area contributed by atoms with E-state index in [4.69, 9.17) is 18.9 Å². The second-order valence-corrected chi connectivity index (χ2v) is 13.4. The first kappa shape index (κ1) is 32.2. The van der Waals surface area contributed by atoms with E-state index in [1.807, 2.05) is 37.4 Å². The number of H-pyrrole nitrogens is 1. The van der Waals surface area contributed by atoms with E-state index in [0.29, 0.717) is 53.7 Å². The number of carbonyl (C=O) groups excluding carboxylic acids is 3. The molecule has 252 valence electrons. The highest BCUT2D eigenvalue weighted by Gasteiger charge is 2.49. The lowest BCUT2D eigenvalue weighted by Crippen LogP contribution is -2.47. The van der Waals surface area contributed by atoms with Crippen LogP contribution in [0.2, 0.25) is 0 Å². The summed E-state index contributed by atoms with van der Waals surface area (Å²) in [5, 5.41) is 23.6. The van der Waals surface area contributed by atoms with Crippen LogP contribution in [0.4, 0.5) is 0 Å². The number of aliphatic hydroxyl groups is 2. The quantitative estimate of drug-likeness (QED) is 0.208. The predicted octanol–water partition coefficient (Wildman–Crippen LogP) is 5.61. The van der Waals surface area contributed by atoms with Gasteiger partial charge in [-0.2, -0.15) is 0 Å². The molecule has 0 bridgehead atoms. The standard InChI is InChI=1S/C38H41NO9/c1-4-46-37(43)36-26(18-40)31(22-10-12-29(42)24(16-22)20-9-11-28-21(15-20)13-14-39-28)32-34(45-3)25-17-30(38(2,44)23-7-5-6-8-23)47-33(25)27(19-41)35(32)48-36/h9,11,13-15,18,23-24,30,39,41,44H,4-8,10,12,16-17,19H2,1-3H3/b31-22-/t24-,30+,38+/m1/s1. The number of benzene rings is 2. The van der Waals surface area contributed by atoms with E-state index in [-0.39, 0.29) is 47.4 Å². The van der Waals surface area contributed by atoms with Gasteiger partial charge < -0.3 is 34.1 Å². The summed E-state index contributed by atoms with van der Waals surface area (Å²) in [6.07, 6.45) is 6.93. The van der Waals surface area contributed by atoms with Crippen LogP contribution in [0.5, 0.6) is 17.2 Å². The van der Waals surface area contributed by atoms with Crippen molar-refractivity contribution >= 4 is 34.5 Å². The van der Waals surface area contributed by atoms with Crippen LogP contribution >= 0.6 is 0 Å². The van der Waals surface area contributed by atoms with Crippen molar-refractivity contribution in [1.82, 2.24) is 4.98 Å². The van der Waals surface area contributed by atoms with Crippen LogP contribution in [-0.2, 0) is 32.1 Å². The SMILES string of the molecule is CCOC(=O)C1=C(C=O)/C(=C2\CCC(=O)[C@@H](c3ccc4[nH]ccc4c3)C2)c2c(OC)c3c(c(CO)c2O1)O[C@H]([C@@](C)(O)C1CCCC1)C3. The number of hydrogen-bond donors (Lipinski definition) is 3. The minimum atomic E-state index is -1.14. The Balaban J connectivity index is 1.42. The Labute approximate surface area is 278 Å². The van der Waals surface area contributed by atoms with Crippen molar-refractivity contribution in [2.45, 2.75) is 89.4 Å². The normalized spacial score (nSPS) is 23.7. The molecule has 3 aromatic rings. The van der Waals surface area contributed by atoms with Gasteiger partial charge in [0.05, 0.1) is 37.0 Å². The molecular weight excluding hydrogens is 614 g/mol. The summed E-state index contributed by atoms with van der Waals surface area (Å²) in [5.74, 6) is -0.588. The number of fused-ring (bicyclic) bond motifs is 3. The zero-order valence-electron chi connectivity index (χ0n) is 27.5. The topological polar surface area (TPSA) is 144 Å². The highest BCUT2D eigenvalue weighted by molar-refractivity contribution is 6.11. The third-order valence-corrected chi connectivity index (χ3v) is 10.8. The molecule has 2 aromatic carbocycles. The lowest BCUT2D eigenvalue weighted by Gasteiger charge is -2.35. The molecule has 10 nitrogen and oxygen atoms in total. The van der Waals surface area contributed by atoms with E-state index in [9.17, 15) is 24.6 Å². The van der Waals surface area contributed by atoms with E-state index >= 15 is 0 Å². The number of ketones is 1. The molecule has 48 heavy (non-hydrogen) atoms. The second-order valence-electron chi connectivity index (χ2n) is 13.4. The highest BCUT2D eigenvalue weighted by Crippen LogP contribution is 2.57. The van der Waals surface area contributed by atoms with Crippen LogP contribution in [0.15, 0.2) is 47.4 Å². The molecule has 3 N–H and O–H groups in total. The molecule has 0 amide bonds. The van der Waals surface area contributed by atoms with Gasteiger partial charge in [-0.1, -0.05) is 24.5 Å². The Morgan fingerprint density at radius 1 is 1.15 bits per heavy atom. The van der Waals surface area contributed by atoms with Crippen molar-refractivity contribution in [3.63, 3.8) is 0 Å². The van der Waals surface area contributed by atoms with Crippen LogP contribution in [0.1, 0.15) is 87.0 Å². The number of ether oxygens (including phenoxy) is 4. The first-order valence-corrected chi connectivity index (χ1v) is 16.8. The number of aromatic amines is 1. The zero-order chi connectivity index (χ0) is 33.7. The van der Waals surface area contributed by atoms with Crippen LogP contribution in [0, 0.1) is 5.92 Å². The van der Waals surface area contributed by atoms with Gasteiger partial charge in [-0.3, -0.25) is 9.59 Å². The lowest BCUT2D eigenvalue weighted by molar-refractivity contribution is -0.141. The fraction of sp³-hybridized carbons (Fsp3) is 0.447. The fourth-order valence-corrected chi connectivity index (χ4v) is 8.26. The minimum absolute atomic E-state index is 0.000642. The number of hydrogen-bond acceptors (Lipinski definition) is 9. The van der Waals surface area contributed by atoms with Crippen molar-refractivity contribution in [1.29, 1.82) is 0 Å². The molecule has 3 atom stereocenters. The Hall–Kier alpha value is -4.41. The Morgan fingerprint density at radius 3 is 2.65 bits per heavy atom. The summed E-state index contributed by atoms with van der Waals surface area (Å²) in [6.45, 7) is 3.02. The molecule has 10 heteroatoms. The van der Waals surface area contributed by atoms with E-state index in [0.717, 1.165) is 47.7 Å². The Morgan fingerprint density at radius 2 is 1.94 bits per heavy atom. The number of aldehydes is 1. The van der Waals surface area contributed by atoms with E-state index in [2.05, 4.69) is 4.98 Å². The molecule has 0 unspecified atom stereocenters. The third-order valence-electron chi connectivity index (χ3n) is 10.8. The lowest BCUT2D eigenvalue weighted by atomic mass is 9.75. The smallest absolute Gasteiger partial charge is 0.375 e. The molecule has 0 spiro atoms. The van der Waals surface area contributed by atoms with Crippen LogP contribution < -0.4 is 14.2 Å². The summed E-state index contributed by atoms with van der Waals surface area (Å²) < 4.78 is 24.1. The fourth-order valence-electron chi connectivity index (χ4n) is 8.26. The van der Waals surface area contributed by atoms with Gasteiger partial charge in [0.2, 0.25) is 5.76 Å². The molecule has 0 saturated heterocycles. The van der Waals surface area contributed by atoms with Gasteiger partial charge in [0.15, 0.2) is 6.29 Å². The number of rotatable bonds is 8. The van der Waals surface area contributed by atoms with Gasteiger partial charge in [-0.15, -0.1) is 0 Å². The molecule has 7 rings (SSSR count). The van der Waals surface area contributed by atoms with Gasteiger partial charge in [-0.25, -0.2) is 4.79 Å². The summed E-state index contributed by atoms with van der Waals surface area (Å²) in [7, 11) is 1.52.